The summed E-state index contributed by atoms with van der Waals surface area (Å²) in [6, 6.07) is 2.86. The summed E-state index contributed by atoms with van der Waals surface area (Å²) in [5.41, 5.74) is -0.0556. The van der Waals surface area contributed by atoms with Crippen molar-refractivity contribution in [2.75, 3.05) is 0 Å². The average Bonchev–Trinajstić information content (AvgIpc) is 2.20. The minimum absolute atomic E-state index is 0.0556. The number of nitrogens with zero attached hydrogens (tertiary/aromatic N) is 2. The number of nitro groups is 1. The number of aromatic nitrogens is 1. The Balaban J connectivity index is 0.000000671. The molecule has 0 atom stereocenters. The molecule has 0 fully saturated rings. The van der Waals surface area contributed by atoms with E-state index in [-0.39, 0.29) is 10.7 Å². The van der Waals surface area contributed by atoms with Crippen LogP contribution in [0, 0.1) is 10.1 Å². The van der Waals surface area contributed by atoms with Crippen molar-refractivity contribution < 1.29 is 4.92 Å². The Morgan fingerprint density at radius 2 is 2.23 bits per heavy atom. The summed E-state index contributed by atoms with van der Waals surface area (Å²) in [7, 11) is 0. The van der Waals surface area contributed by atoms with E-state index in [1.807, 2.05) is 13.8 Å². The molecule has 0 saturated heterocycles. The highest BCUT2D eigenvalue weighted by Gasteiger charge is 2.12. The summed E-state index contributed by atoms with van der Waals surface area (Å²) in [4.78, 5) is 13.5. The van der Waals surface area contributed by atoms with Crippen LogP contribution in [0.25, 0.3) is 0 Å². The molecule has 0 bridgehead atoms. The van der Waals surface area contributed by atoms with Crippen LogP contribution < -0.4 is 5.14 Å². The van der Waals surface area contributed by atoms with E-state index in [4.69, 9.17) is 5.14 Å². The Kier molecular flexibility index (Phi) is 5.82. The molecule has 1 aromatic heterocycles. The van der Waals surface area contributed by atoms with Gasteiger partial charge in [-0.2, -0.15) is 0 Å². The van der Waals surface area contributed by atoms with Crippen molar-refractivity contribution in [2.24, 2.45) is 5.14 Å². The number of hydrogen-bond acceptors (Lipinski definition) is 5. The van der Waals surface area contributed by atoms with Crippen molar-refractivity contribution in [1.82, 2.24) is 4.98 Å². The third-order valence-corrected chi connectivity index (χ3v) is 1.60. The predicted molar refractivity (Wildman–Crippen MR) is 52.3 cm³/mol. The first-order valence-corrected chi connectivity index (χ1v) is 4.60. The van der Waals surface area contributed by atoms with Gasteiger partial charge in [-0.1, -0.05) is 13.8 Å². The number of rotatable bonds is 2. The molecule has 72 valence electrons. The summed E-state index contributed by atoms with van der Waals surface area (Å²) in [5, 5.41) is 15.6. The summed E-state index contributed by atoms with van der Waals surface area (Å²) >= 11 is 0.771. The largest absolute Gasteiger partial charge is 0.302 e. The highest BCUT2D eigenvalue weighted by molar-refractivity contribution is 7.97. The second kappa shape index (κ2) is 6.38. The van der Waals surface area contributed by atoms with E-state index in [2.05, 4.69) is 4.98 Å². The van der Waals surface area contributed by atoms with Gasteiger partial charge in [0.2, 0.25) is 0 Å². The van der Waals surface area contributed by atoms with Gasteiger partial charge in [0.15, 0.2) is 5.03 Å². The third-order valence-electron chi connectivity index (χ3n) is 1.06. The number of nitrogens with two attached hydrogens (primary N) is 1. The molecule has 0 saturated carbocycles. The highest BCUT2D eigenvalue weighted by atomic mass is 32.2. The molecule has 1 heterocycles. The minimum atomic E-state index is -0.512. The van der Waals surface area contributed by atoms with Gasteiger partial charge in [-0.3, -0.25) is 15.3 Å². The van der Waals surface area contributed by atoms with Gasteiger partial charge >= 0.3 is 5.69 Å². The summed E-state index contributed by atoms with van der Waals surface area (Å²) in [5.74, 6) is 0. The molecular weight excluding hydrogens is 190 g/mol. The molecule has 0 radical (unpaired) electrons. The zero-order chi connectivity index (χ0) is 10.3. The normalized spacial score (nSPS) is 8.54. The summed E-state index contributed by atoms with van der Waals surface area (Å²) < 4.78 is 0. The fraction of sp³-hybridized carbons (Fsp3) is 0.286. The first kappa shape index (κ1) is 11.9. The third kappa shape index (κ3) is 3.39. The molecule has 0 unspecified atom stereocenters. The zero-order valence-electron chi connectivity index (χ0n) is 7.43. The summed E-state index contributed by atoms with van der Waals surface area (Å²) in [6.45, 7) is 4.00. The quantitative estimate of drug-likeness (QED) is 0.449. The first-order valence-electron chi connectivity index (χ1n) is 3.72. The maximum atomic E-state index is 10.3. The molecule has 5 nitrogen and oxygen atoms in total. The van der Waals surface area contributed by atoms with Crippen LogP contribution in [0.15, 0.2) is 23.4 Å². The van der Waals surface area contributed by atoms with Gasteiger partial charge < -0.3 is 0 Å². The molecule has 1 aromatic rings. The van der Waals surface area contributed by atoms with Crippen molar-refractivity contribution in [3.8, 4) is 0 Å². The van der Waals surface area contributed by atoms with Crippen LogP contribution in [0.5, 0.6) is 0 Å². The average molecular weight is 201 g/mol. The maximum Gasteiger partial charge on any atom is 0.302 e. The fourth-order valence-corrected chi connectivity index (χ4v) is 0.997. The monoisotopic (exact) mass is 201 g/mol. The minimum Gasteiger partial charge on any atom is -0.272 e. The second-order valence-corrected chi connectivity index (χ2v) is 2.33. The number of pyridine rings is 1. The first-order chi connectivity index (χ1) is 6.25. The lowest BCUT2D eigenvalue weighted by Crippen LogP contribution is -1.94. The van der Waals surface area contributed by atoms with Gasteiger partial charge in [0.25, 0.3) is 0 Å². The molecule has 0 spiro atoms. The zero-order valence-corrected chi connectivity index (χ0v) is 8.25. The van der Waals surface area contributed by atoms with Gasteiger partial charge in [-0.15, -0.1) is 0 Å². The van der Waals surface area contributed by atoms with Crippen LogP contribution in [-0.2, 0) is 0 Å². The van der Waals surface area contributed by atoms with Crippen molar-refractivity contribution >= 4 is 17.6 Å². The smallest absolute Gasteiger partial charge is 0.272 e. The lowest BCUT2D eigenvalue weighted by molar-refractivity contribution is -0.388. The molecule has 6 heteroatoms. The fourth-order valence-electron chi connectivity index (χ4n) is 0.612. The topological polar surface area (TPSA) is 82.0 Å². The second-order valence-electron chi connectivity index (χ2n) is 1.70. The van der Waals surface area contributed by atoms with E-state index in [9.17, 15) is 10.1 Å². The standard InChI is InChI=1S/C5H5N3O2S.C2H6/c6-11-5-4(8(9)10)2-1-3-7-5;1-2/h1-3H,6H2;1-2H3. The van der Waals surface area contributed by atoms with E-state index in [1.165, 1.54) is 18.3 Å². The Bertz CT molecular complexity index is 280. The SMILES string of the molecule is CC.NSc1ncccc1[N+](=O)[O-]. The van der Waals surface area contributed by atoms with Crippen molar-refractivity contribution in [2.45, 2.75) is 18.9 Å². The molecule has 0 aliphatic carbocycles. The molecule has 2 N–H and O–H groups in total. The van der Waals surface area contributed by atoms with Crippen LogP contribution in [-0.4, -0.2) is 9.91 Å². The van der Waals surface area contributed by atoms with Crippen molar-refractivity contribution in [3.05, 3.63) is 28.4 Å². The molecule has 1 rings (SSSR count). The van der Waals surface area contributed by atoms with Crippen LogP contribution in [0.1, 0.15) is 13.8 Å². The van der Waals surface area contributed by atoms with E-state index in [0.717, 1.165) is 11.9 Å². The Labute approximate surface area is 80.6 Å². The van der Waals surface area contributed by atoms with Gasteiger partial charge in [0, 0.05) is 12.3 Å². The summed E-state index contributed by atoms with van der Waals surface area (Å²) in [6.07, 6.45) is 1.46. The molecular formula is C7H11N3O2S. The van der Waals surface area contributed by atoms with Crippen LogP contribution in [0.3, 0.4) is 0 Å². The lowest BCUT2D eigenvalue weighted by Gasteiger charge is -1.94. The molecule has 0 aliphatic rings. The van der Waals surface area contributed by atoms with Gasteiger partial charge in [-0.25, -0.2) is 4.98 Å². The van der Waals surface area contributed by atoms with E-state index in [1.54, 1.807) is 0 Å². The molecule has 0 aromatic carbocycles. The van der Waals surface area contributed by atoms with Gasteiger partial charge in [-0.05, 0) is 18.0 Å². The van der Waals surface area contributed by atoms with Crippen LogP contribution in [0.2, 0.25) is 0 Å². The highest BCUT2D eigenvalue weighted by Crippen LogP contribution is 2.21. The number of hydrogen-bond donors (Lipinski definition) is 1. The Morgan fingerprint density at radius 1 is 1.62 bits per heavy atom. The van der Waals surface area contributed by atoms with Gasteiger partial charge in [0.1, 0.15) is 0 Å². The van der Waals surface area contributed by atoms with Crippen molar-refractivity contribution in [3.63, 3.8) is 0 Å². The van der Waals surface area contributed by atoms with E-state index < -0.39 is 4.92 Å². The molecule has 13 heavy (non-hydrogen) atoms. The Hall–Kier alpha value is -1.14. The van der Waals surface area contributed by atoms with Crippen molar-refractivity contribution in [1.29, 1.82) is 0 Å². The van der Waals surface area contributed by atoms with E-state index in [0.29, 0.717) is 0 Å². The van der Waals surface area contributed by atoms with E-state index >= 15 is 0 Å². The maximum absolute atomic E-state index is 10.3. The predicted octanol–water partition coefficient (Wildman–Crippen LogP) is 1.98. The van der Waals surface area contributed by atoms with Crippen LogP contribution >= 0.6 is 11.9 Å². The van der Waals surface area contributed by atoms with Crippen LogP contribution in [0.4, 0.5) is 5.69 Å². The van der Waals surface area contributed by atoms with Gasteiger partial charge in [0.05, 0.1) is 4.92 Å². The molecule has 0 amide bonds. The lowest BCUT2D eigenvalue weighted by atomic mass is 10.4. The Morgan fingerprint density at radius 3 is 2.62 bits per heavy atom. The molecule has 0 aliphatic heterocycles.